The third-order valence-corrected chi connectivity index (χ3v) is 5.11. The predicted octanol–water partition coefficient (Wildman–Crippen LogP) is 2.12. The first-order chi connectivity index (χ1) is 14.0. The Morgan fingerprint density at radius 3 is 2.52 bits per heavy atom. The second-order valence-corrected chi connectivity index (χ2v) is 6.93. The molecule has 148 valence electrons. The molecule has 2 atom stereocenters. The molecule has 1 aromatic heterocycles. The second-order valence-electron chi connectivity index (χ2n) is 6.93. The molecule has 0 spiro atoms. The maximum Gasteiger partial charge on any atom is 0.290 e. The largest absolute Gasteiger partial charge is 0.290 e. The molecule has 4 rings (SSSR count). The van der Waals surface area contributed by atoms with Crippen molar-refractivity contribution >= 4 is 22.6 Å². The molecule has 1 saturated carbocycles. The lowest BCUT2D eigenvalue weighted by atomic mass is 10.1. The summed E-state index contributed by atoms with van der Waals surface area (Å²) in [6, 6.07) is 13.0. The van der Waals surface area contributed by atoms with Crippen molar-refractivity contribution in [3.8, 4) is 0 Å². The van der Waals surface area contributed by atoms with Crippen LogP contribution >= 0.6 is 0 Å². The van der Waals surface area contributed by atoms with Gasteiger partial charge in [0.05, 0.1) is 5.39 Å². The Labute approximate surface area is 165 Å². The maximum atomic E-state index is 13.9. The minimum Gasteiger partial charge on any atom is -0.273 e. The van der Waals surface area contributed by atoms with Crippen molar-refractivity contribution in [1.29, 1.82) is 0 Å². The van der Waals surface area contributed by atoms with Crippen molar-refractivity contribution in [2.45, 2.75) is 25.8 Å². The van der Waals surface area contributed by atoms with Crippen molar-refractivity contribution in [3.63, 3.8) is 0 Å². The van der Waals surface area contributed by atoms with Gasteiger partial charge in [-0.1, -0.05) is 36.4 Å². The van der Waals surface area contributed by atoms with Crippen LogP contribution in [0.3, 0.4) is 0 Å². The Morgan fingerprint density at radius 1 is 1.10 bits per heavy atom. The average Bonchev–Trinajstić information content (AvgIpc) is 3.53. The zero-order chi connectivity index (χ0) is 20.5. The fraction of sp³-hybridized carbons (Fsp3) is 0.238. The number of hydrogen-bond donors (Lipinski definition) is 2. The van der Waals surface area contributed by atoms with Gasteiger partial charge >= 0.3 is 0 Å². The van der Waals surface area contributed by atoms with Crippen LogP contribution in [0.1, 0.15) is 35.3 Å². The molecule has 2 amide bonds. The van der Waals surface area contributed by atoms with Crippen LogP contribution in [0.4, 0.5) is 4.39 Å². The molecule has 8 heteroatoms. The number of aromatic nitrogens is 2. The number of hydrogen-bond acceptors (Lipinski definition) is 4. The Hall–Kier alpha value is -3.55. The number of benzene rings is 2. The molecule has 0 bridgehead atoms. The van der Waals surface area contributed by atoms with Crippen molar-refractivity contribution in [2.24, 2.45) is 5.92 Å². The summed E-state index contributed by atoms with van der Waals surface area (Å²) < 4.78 is 15.1. The van der Waals surface area contributed by atoms with E-state index in [1.54, 1.807) is 49.4 Å². The highest BCUT2D eigenvalue weighted by Gasteiger charge is 2.45. The summed E-state index contributed by atoms with van der Waals surface area (Å²) >= 11 is 0. The summed E-state index contributed by atoms with van der Waals surface area (Å²) in [5.41, 5.74) is 5.01. The van der Waals surface area contributed by atoms with E-state index in [4.69, 9.17) is 0 Å². The SMILES string of the molecule is CCn1nc(C(=O)NNC(=O)C2CC2c2ccccc2F)c2ccccc2c1=O. The monoisotopic (exact) mass is 394 g/mol. The zero-order valence-corrected chi connectivity index (χ0v) is 15.7. The first-order valence-corrected chi connectivity index (χ1v) is 9.35. The van der Waals surface area contributed by atoms with Crippen LogP contribution in [-0.4, -0.2) is 21.6 Å². The average molecular weight is 394 g/mol. The van der Waals surface area contributed by atoms with Gasteiger partial charge in [-0.3, -0.25) is 25.2 Å². The highest BCUT2D eigenvalue weighted by Crippen LogP contribution is 2.48. The van der Waals surface area contributed by atoms with Gasteiger partial charge in [0.2, 0.25) is 5.91 Å². The van der Waals surface area contributed by atoms with Gasteiger partial charge in [0.25, 0.3) is 11.5 Å². The van der Waals surface area contributed by atoms with Crippen LogP contribution in [-0.2, 0) is 11.3 Å². The number of amides is 2. The fourth-order valence-electron chi connectivity index (χ4n) is 3.49. The third kappa shape index (κ3) is 3.49. The molecular weight excluding hydrogens is 375 g/mol. The van der Waals surface area contributed by atoms with Crippen molar-refractivity contribution < 1.29 is 14.0 Å². The van der Waals surface area contributed by atoms with Crippen LogP contribution < -0.4 is 16.4 Å². The van der Waals surface area contributed by atoms with E-state index in [2.05, 4.69) is 16.0 Å². The molecule has 1 fully saturated rings. The van der Waals surface area contributed by atoms with Gasteiger partial charge in [-0.15, -0.1) is 0 Å². The number of fused-ring (bicyclic) bond motifs is 1. The number of nitrogens with zero attached hydrogens (tertiary/aromatic N) is 2. The van der Waals surface area contributed by atoms with Crippen molar-refractivity contribution in [1.82, 2.24) is 20.6 Å². The van der Waals surface area contributed by atoms with Gasteiger partial charge in [0.1, 0.15) is 5.82 Å². The van der Waals surface area contributed by atoms with Crippen LogP contribution in [0.2, 0.25) is 0 Å². The lowest BCUT2D eigenvalue weighted by Crippen LogP contribution is -2.43. The summed E-state index contributed by atoms with van der Waals surface area (Å²) in [5.74, 6) is -1.95. The van der Waals surface area contributed by atoms with Gasteiger partial charge in [0.15, 0.2) is 5.69 Å². The molecule has 0 aliphatic heterocycles. The summed E-state index contributed by atoms with van der Waals surface area (Å²) in [7, 11) is 0. The summed E-state index contributed by atoms with van der Waals surface area (Å²) in [6.45, 7) is 2.06. The minimum atomic E-state index is -0.625. The Bertz CT molecular complexity index is 1170. The molecule has 1 aliphatic rings. The molecule has 0 saturated heterocycles. The van der Waals surface area contributed by atoms with E-state index >= 15 is 0 Å². The first kappa shape index (κ1) is 18.8. The molecule has 2 N–H and O–H groups in total. The molecule has 3 aromatic rings. The number of carbonyl (C=O) groups excluding carboxylic acids is 2. The highest BCUT2D eigenvalue weighted by atomic mass is 19.1. The van der Waals surface area contributed by atoms with Crippen LogP contribution in [0, 0.1) is 11.7 Å². The number of halogens is 1. The molecular formula is C21H19FN4O3. The van der Waals surface area contributed by atoms with Gasteiger partial charge in [-0.05, 0) is 37.0 Å². The quantitative estimate of drug-likeness (QED) is 0.663. The van der Waals surface area contributed by atoms with Crippen LogP contribution in [0.25, 0.3) is 10.8 Å². The van der Waals surface area contributed by atoms with E-state index < -0.39 is 11.8 Å². The van der Waals surface area contributed by atoms with E-state index in [9.17, 15) is 18.8 Å². The number of rotatable bonds is 4. The van der Waals surface area contributed by atoms with Crippen molar-refractivity contribution in [2.75, 3.05) is 0 Å². The molecule has 7 nitrogen and oxygen atoms in total. The normalized spacial score (nSPS) is 17.7. The Kier molecular flexibility index (Phi) is 4.84. The number of carbonyl (C=O) groups is 2. The van der Waals surface area contributed by atoms with Crippen LogP contribution in [0.5, 0.6) is 0 Å². The second kappa shape index (κ2) is 7.46. The summed E-state index contributed by atoms with van der Waals surface area (Å²) in [6.07, 6.45) is 0.518. The van der Waals surface area contributed by atoms with Crippen molar-refractivity contribution in [3.05, 3.63) is 76.0 Å². The van der Waals surface area contributed by atoms with Gasteiger partial charge in [-0.25, -0.2) is 9.07 Å². The fourth-order valence-corrected chi connectivity index (χ4v) is 3.49. The molecule has 1 heterocycles. The summed E-state index contributed by atoms with van der Waals surface area (Å²) in [5, 5.41) is 4.91. The first-order valence-electron chi connectivity index (χ1n) is 9.35. The molecule has 1 aliphatic carbocycles. The number of hydrazine groups is 1. The van der Waals surface area contributed by atoms with Gasteiger partial charge in [-0.2, -0.15) is 5.10 Å². The predicted molar refractivity (Wildman–Crippen MR) is 105 cm³/mol. The number of aryl methyl sites for hydroxylation is 1. The smallest absolute Gasteiger partial charge is 0.273 e. The van der Waals surface area contributed by atoms with Gasteiger partial charge in [0, 0.05) is 17.8 Å². The zero-order valence-electron chi connectivity index (χ0n) is 15.7. The topological polar surface area (TPSA) is 93.1 Å². The minimum absolute atomic E-state index is 0.0452. The van der Waals surface area contributed by atoms with E-state index in [0.29, 0.717) is 29.3 Å². The summed E-state index contributed by atoms with van der Waals surface area (Å²) in [4.78, 5) is 37.3. The van der Waals surface area contributed by atoms with Gasteiger partial charge < -0.3 is 0 Å². The van der Waals surface area contributed by atoms with E-state index in [0.717, 1.165) is 0 Å². The third-order valence-electron chi connectivity index (χ3n) is 5.11. The van der Waals surface area contributed by atoms with E-state index in [1.165, 1.54) is 10.7 Å². The standard InChI is InChI=1S/C21H19FN4O3/c1-2-26-21(29)14-9-4-3-8-13(14)18(25-26)20(28)24-23-19(27)16-11-15(16)12-7-5-6-10-17(12)22/h3-10,15-16H,2,11H2,1H3,(H,23,27)(H,24,28). The molecule has 2 unspecified atom stereocenters. The lowest BCUT2D eigenvalue weighted by Gasteiger charge is -2.11. The number of nitrogens with one attached hydrogen (secondary N) is 2. The molecule has 29 heavy (non-hydrogen) atoms. The highest BCUT2D eigenvalue weighted by molar-refractivity contribution is 6.05. The Balaban J connectivity index is 1.48. The van der Waals surface area contributed by atoms with Crippen LogP contribution in [0.15, 0.2) is 53.3 Å². The molecule has 2 aromatic carbocycles. The Morgan fingerprint density at radius 2 is 1.79 bits per heavy atom. The lowest BCUT2D eigenvalue weighted by molar-refractivity contribution is -0.123. The van der Waals surface area contributed by atoms with E-state index in [-0.39, 0.29) is 28.9 Å². The maximum absolute atomic E-state index is 13.9. The van der Waals surface area contributed by atoms with E-state index in [1.807, 2.05) is 0 Å². The molecule has 0 radical (unpaired) electrons.